The molecule has 0 saturated heterocycles. The topological polar surface area (TPSA) is 37.3 Å². The van der Waals surface area contributed by atoms with E-state index in [1.165, 1.54) is 64.2 Å². The van der Waals surface area contributed by atoms with E-state index >= 15 is 0 Å². The second-order valence-corrected chi connectivity index (χ2v) is 13.1. The van der Waals surface area contributed by atoms with Gasteiger partial charge in [-0.15, -0.1) is 0 Å². The monoisotopic (exact) mass is 370 g/mol. The van der Waals surface area contributed by atoms with Crippen molar-refractivity contribution >= 4 is 13.9 Å². The highest BCUT2D eigenvalue weighted by molar-refractivity contribution is 7.61. The van der Waals surface area contributed by atoms with Crippen LogP contribution in [0.3, 0.4) is 0 Å². The minimum Gasteiger partial charge on any atom is -0.481 e. The Morgan fingerprint density at radius 2 is 1.50 bits per heavy atom. The quantitative estimate of drug-likeness (QED) is 0.496. The number of carboxylic acids is 1. The molecule has 0 aromatic carbocycles. The third-order valence-corrected chi connectivity index (χ3v) is 13.4. The van der Waals surface area contributed by atoms with Crippen LogP contribution in [-0.4, -0.2) is 27.5 Å². The number of carboxylic acid groups (broad SMARTS) is 1. The zero-order valence-corrected chi connectivity index (χ0v) is 16.6. The van der Waals surface area contributed by atoms with Crippen LogP contribution in [0.25, 0.3) is 0 Å². The fraction of sp³-hybridized carbons (Fsp3) is 0.783. The van der Waals surface area contributed by atoms with Crippen molar-refractivity contribution in [3.63, 3.8) is 0 Å². The summed E-state index contributed by atoms with van der Waals surface area (Å²) in [5.41, 5.74) is 3.68. The van der Waals surface area contributed by atoms with Gasteiger partial charge >= 0.3 is 5.97 Å². The molecule has 6 rings (SSSR count). The van der Waals surface area contributed by atoms with Crippen molar-refractivity contribution in [2.45, 2.75) is 80.9 Å². The number of aliphatic carboxylic acids is 1. The number of hydrogen-bond donors (Lipinski definition) is 1. The molecule has 6 atom stereocenters. The molecule has 4 fully saturated rings. The minimum absolute atomic E-state index is 0.262. The summed E-state index contributed by atoms with van der Waals surface area (Å²) in [4.78, 5) is 11.6. The summed E-state index contributed by atoms with van der Waals surface area (Å²) >= 11 is 0. The first-order chi connectivity index (χ1) is 12.6. The highest BCUT2D eigenvalue weighted by Crippen LogP contribution is 2.82. The van der Waals surface area contributed by atoms with Crippen LogP contribution in [0.15, 0.2) is 23.3 Å². The molecule has 140 valence electrons. The van der Waals surface area contributed by atoms with E-state index in [0.717, 1.165) is 29.8 Å². The summed E-state index contributed by atoms with van der Waals surface area (Å²) in [5, 5.41) is 10.4. The number of hydrogen-bond acceptors (Lipinski definition) is 1. The van der Waals surface area contributed by atoms with Gasteiger partial charge in [-0.1, -0.05) is 31.2 Å². The van der Waals surface area contributed by atoms with E-state index in [0.29, 0.717) is 16.7 Å². The average molecular weight is 370 g/mol. The molecular weight excluding hydrogens is 339 g/mol. The first-order valence-corrected chi connectivity index (χ1v) is 12.6. The first-order valence-electron chi connectivity index (χ1n) is 11.0. The lowest BCUT2D eigenvalue weighted by atomic mass is 9.85. The van der Waals surface area contributed by atoms with E-state index < -0.39 is 5.97 Å². The van der Waals surface area contributed by atoms with E-state index in [2.05, 4.69) is 12.2 Å². The summed E-state index contributed by atoms with van der Waals surface area (Å²) in [7, 11) is -0.262. The van der Waals surface area contributed by atoms with Crippen molar-refractivity contribution in [3.8, 4) is 0 Å². The van der Waals surface area contributed by atoms with Gasteiger partial charge in [0, 0.05) is 16.7 Å². The Morgan fingerprint density at radius 3 is 2.00 bits per heavy atom. The zero-order chi connectivity index (χ0) is 17.5. The minimum atomic E-state index is -0.570. The molecule has 0 aromatic heterocycles. The van der Waals surface area contributed by atoms with E-state index in [1.807, 2.05) is 11.1 Å². The van der Waals surface area contributed by atoms with Gasteiger partial charge < -0.3 is 5.11 Å². The molecule has 3 heteroatoms. The SMILES string of the molecule is O=C(O)CCP(C12CCC(C1)C1CCC=C12)C12CCC(C1)C1CCC=C12. The molecule has 0 aliphatic heterocycles. The van der Waals surface area contributed by atoms with Crippen LogP contribution < -0.4 is 0 Å². The van der Waals surface area contributed by atoms with Crippen molar-refractivity contribution < 1.29 is 9.90 Å². The van der Waals surface area contributed by atoms with Crippen LogP contribution in [0.2, 0.25) is 0 Å². The normalized spacial score (nSPS) is 48.5. The predicted molar refractivity (Wildman–Crippen MR) is 106 cm³/mol. The Morgan fingerprint density at radius 1 is 0.962 bits per heavy atom. The molecule has 6 aliphatic rings. The third-order valence-electron chi connectivity index (χ3n) is 9.34. The van der Waals surface area contributed by atoms with E-state index in [1.54, 1.807) is 0 Å². The average Bonchev–Trinajstić information content (AvgIpc) is 3.41. The summed E-state index contributed by atoms with van der Waals surface area (Å²) in [6, 6.07) is 0. The van der Waals surface area contributed by atoms with Crippen molar-refractivity contribution in [2.75, 3.05) is 6.16 Å². The van der Waals surface area contributed by atoms with Gasteiger partial charge in [-0.2, -0.15) is 0 Å². The molecule has 6 aliphatic carbocycles. The molecule has 0 heterocycles. The standard InChI is InChI=1S/C23H31O2P/c24-21(25)9-12-26(22-10-7-15(13-22)17-3-1-5-19(17)22)23-11-8-16(14-23)18-4-2-6-20(18)23/h5-6,15-18H,1-4,7-14H2,(H,24,25). The van der Waals surface area contributed by atoms with Gasteiger partial charge in [0.15, 0.2) is 0 Å². The molecule has 26 heavy (non-hydrogen) atoms. The highest BCUT2D eigenvalue weighted by atomic mass is 31.1. The molecule has 0 amide bonds. The van der Waals surface area contributed by atoms with Crippen LogP contribution in [0, 0.1) is 23.7 Å². The molecule has 0 spiro atoms. The lowest BCUT2D eigenvalue weighted by Gasteiger charge is -2.50. The fourth-order valence-electron chi connectivity index (χ4n) is 8.68. The zero-order valence-electron chi connectivity index (χ0n) is 15.8. The summed E-state index contributed by atoms with van der Waals surface area (Å²) < 4.78 is 0. The van der Waals surface area contributed by atoms with Crippen molar-refractivity contribution in [1.82, 2.24) is 0 Å². The fourth-order valence-corrected chi connectivity index (χ4v) is 13.6. The van der Waals surface area contributed by atoms with Crippen LogP contribution in [-0.2, 0) is 4.79 Å². The van der Waals surface area contributed by atoms with Gasteiger partial charge in [0.05, 0.1) is 0 Å². The lowest BCUT2D eigenvalue weighted by molar-refractivity contribution is -0.136. The molecule has 0 radical (unpaired) electrons. The second-order valence-electron chi connectivity index (χ2n) is 10.1. The molecular formula is C23H31O2P. The molecule has 4 saturated carbocycles. The Hall–Kier alpha value is -0.620. The Bertz CT molecular complexity index is 672. The maximum absolute atomic E-state index is 11.6. The number of allylic oxidation sites excluding steroid dienone is 4. The molecule has 4 bridgehead atoms. The van der Waals surface area contributed by atoms with Crippen molar-refractivity contribution in [3.05, 3.63) is 23.3 Å². The van der Waals surface area contributed by atoms with E-state index in [9.17, 15) is 9.90 Å². The lowest BCUT2D eigenvalue weighted by Crippen LogP contribution is -2.38. The summed E-state index contributed by atoms with van der Waals surface area (Å²) in [6.07, 6.45) is 20.5. The second kappa shape index (κ2) is 5.47. The van der Waals surface area contributed by atoms with Gasteiger partial charge in [0.1, 0.15) is 0 Å². The van der Waals surface area contributed by atoms with E-state index in [4.69, 9.17) is 0 Å². The third kappa shape index (κ3) is 1.91. The van der Waals surface area contributed by atoms with Crippen LogP contribution in [0.1, 0.15) is 70.6 Å². The van der Waals surface area contributed by atoms with E-state index in [-0.39, 0.29) is 7.92 Å². The molecule has 0 aromatic rings. The van der Waals surface area contributed by atoms with Crippen molar-refractivity contribution in [1.29, 1.82) is 0 Å². The van der Waals surface area contributed by atoms with Gasteiger partial charge in [-0.25, -0.2) is 0 Å². The van der Waals surface area contributed by atoms with Crippen LogP contribution in [0.5, 0.6) is 0 Å². The van der Waals surface area contributed by atoms with Crippen LogP contribution >= 0.6 is 7.92 Å². The molecule has 1 N–H and O–H groups in total. The number of carbonyl (C=O) groups is 1. The predicted octanol–water partition coefficient (Wildman–Crippen LogP) is 5.72. The smallest absolute Gasteiger partial charge is 0.303 e. The van der Waals surface area contributed by atoms with Gasteiger partial charge in [-0.05, 0) is 94.0 Å². The largest absolute Gasteiger partial charge is 0.481 e. The Balaban J connectivity index is 1.45. The van der Waals surface area contributed by atoms with Crippen LogP contribution in [0.4, 0.5) is 0 Å². The maximum Gasteiger partial charge on any atom is 0.303 e. The number of fused-ring (bicyclic) bond motifs is 10. The van der Waals surface area contributed by atoms with Gasteiger partial charge in [-0.3, -0.25) is 4.79 Å². The molecule has 2 nitrogen and oxygen atoms in total. The van der Waals surface area contributed by atoms with Gasteiger partial charge in [0.2, 0.25) is 0 Å². The van der Waals surface area contributed by atoms with Gasteiger partial charge in [0.25, 0.3) is 0 Å². The summed E-state index contributed by atoms with van der Waals surface area (Å²) in [6.45, 7) is 0. The summed E-state index contributed by atoms with van der Waals surface area (Å²) in [5.74, 6) is 3.05. The highest BCUT2D eigenvalue weighted by Gasteiger charge is 2.66. The molecule has 6 unspecified atom stereocenters. The Kier molecular flexibility index (Phi) is 3.44. The number of rotatable bonds is 5. The Labute approximate surface area is 158 Å². The van der Waals surface area contributed by atoms with Crippen molar-refractivity contribution in [2.24, 2.45) is 23.7 Å². The first kappa shape index (κ1) is 16.3. The maximum atomic E-state index is 11.6.